The molecule has 3 aromatic rings. The molecule has 29 heavy (non-hydrogen) atoms. The van der Waals surface area contributed by atoms with E-state index in [1.807, 2.05) is 4.90 Å². The van der Waals surface area contributed by atoms with Crippen molar-refractivity contribution in [2.75, 3.05) is 51.2 Å². The molecule has 3 heterocycles. The van der Waals surface area contributed by atoms with Gasteiger partial charge in [-0.25, -0.2) is 18.7 Å². The van der Waals surface area contributed by atoms with Gasteiger partial charge in [0.15, 0.2) is 23.1 Å². The van der Waals surface area contributed by atoms with Crippen LogP contribution >= 0.6 is 0 Å². The van der Waals surface area contributed by atoms with E-state index < -0.39 is 11.6 Å². The topological polar surface area (TPSA) is 82.7 Å². The number of hydrogen-bond donors (Lipinski definition) is 1. The van der Waals surface area contributed by atoms with Crippen molar-refractivity contribution in [3.63, 3.8) is 0 Å². The number of benzene rings is 1. The Morgan fingerprint density at radius 2 is 1.69 bits per heavy atom. The molecule has 1 aliphatic rings. The summed E-state index contributed by atoms with van der Waals surface area (Å²) in [7, 11) is 2.61. The smallest absolute Gasteiger partial charge is 0.177 e. The van der Waals surface area contributed by atoms with Crippen molar-refractivity contribution in [2.24, 2.45) is 0 Å². The Bertz CT molecular complexity index is 1040. The molecule has 0 amide bonds. The van der Waals surface area contributed by atoms with Gasteiger partial charge in [-0.1, -0.05) is 0 Å². The van der Waals surface area contributed by atoms with Gasteiger partial charge in [0.2, 0.25) is 0 Å². The zero-order valence-electron chi connectivity index (χ0n) is 16.0. The number of ether oxygens (including phenoxy) is 3. The van der Waals surface area contributed by atoms with E-state index in [-0.39, 0.29) is 22.8 Å². The second-order valence-corrected chi connectivity index (χ2v) is 6.54. The van der Waals surface area contributed by atoms with E-state index in [0.717, 1.165) is 5.39 Å². The number of fused-ring (bicyclic) bond motifs is 1. The van der Waals surface area contributed by atoms with Crippen LogP contribution in [0, 0.1) is 11.6 Å². The fourth-order valence-electron chi connectivity index (χ4n) is 3.40. The van der Waals surface area contributed by atoms with Crippen LogP contribution in [0.3, 0.4) is 0 Å². The SMILES string of the molecule is COc1cc(OC)c(F)c(-c2cc3cnc(N)cc3c(N3CCOCC3)n2)c1F. The lowest BCUT2D eigenvalue weighted by Gasteiger charge is -2.29. The van der Waals surface area contributed by atoms with Gasteiger partial charge in [0, 0.05) is 36.1 Å². The van der Waals surface area contributed by atoms with Gasteiger partial charge in [-0.2, -0.15) is 0 Å². The summed E-state index contributed by atoms with van der Waals surface area (Å²) in [5.74, 6) is -1.08. The van der Waals surface area contributed by atoms with Gasteiger partial charge in [-0.3, -0.25) is 0 Å². The maximum atomic E-state index is 15.0. The predicted molar refractivity (Wildman–Crippen MR) is 105 cm³/mol. The molecule has 0 saturated carbocycles. The van der Waals surface area contributed by atoms with Crippen molar-refractivity contribution < 1.29 is 23.0 Å². The zero-order valence-corrected chi connectivity index (χ0v) is 16.0. The van der Waals surface area contributed by atoms with E-state index in [4.69, 9.17) is 19.9 Å². The van der Waals surface area contributed by atoms with E-state index in [1.165, 1.54) is 20.3 Å². The highest BCUT2D eigenvalue weighted by Gasteiger charge is 2.25. The van der Waals surface area contributed by atoms with Crippen LogP contribution < -0.4 is 20.1 Å². The van der Waals surface area contributed by atoms with E-state index in [2.05, 4.69) is 9.97 Å². The molecule has 9 heteroatoms. The number of pyridine rings is 2. The third-order valence-corrected chi connectivity index (χ3v) is 4.86. The number of nitrogens with zero attached hydrogens (tertiary/aromatic N) is 3. The average molecular weight is 402 g/mol. The van der Waals surface area contributed by atoms with Crippen LogP contribution in [0.2, 0.25) is 0 Å². The highest BCUT2D eigenvalue weighted by Crippen LogP contribution is 2.39. The minimum Gasteiger partial charge on any atom is -0.494 e. The Morgan fingerprint density at radius 3 is 2.31 bits per heavy atom. The van der Waals surface area contributed by atoms with Crippen LogP contribution in [0.4, 0.5) is 20.4 Å². The number of nitrogen functional groups attached to an aromatic ring is 1. The standard InChI is InChI=1S/C20H20F2N4O3/c1-27-14-9-15(28-2)19(22)17(18(14)21)13-7-11-10-24-16(23)8-12(11)20(25-13)26-3-5-29-6-4-26/h7-10H,3-6H2,1-2H3,(H2,23,24). The van der Waals surface area contributed by atoms with E-state index >= 15 is 8.78 Å². The maximum Gasteiger partial charge on any atom is 0.177 e. The monoisotopic (exact) mass is 402 g/mol. The van der Waals surface area contributed by atoms with Gasteiger partial charge in [0.25, 0.3) is 0 Å². The highest BCUT2D eigenvalue weighted by atomic mass is 19.1. The molecular weight excluding hydrogens is 382 g/mol. The molecule has 152 valence electrons. The molecule has 2 N–H and O–H groups in total. The van der Waals surface area contributed by atoms with Crippen molar-refractivity contribution in [1.82, 2.24) is 9.97 Å². The summed E-state index contributed by atoms with van der Waals surface area (Å²) in [6.07, 6.45) is 1.56. The number of rotatable bonds is 4. The molecule has 2 aromatic heterocycles. The zero-order chi connectivity index (χ0) is 20.5. The summed E-state index contributed by atoms with van der Waals surface area (Å²) in [5, 5.41) is 1.41. The first-order valence-corrected chi connectivity index (χ1v) is 9.02. The van der Waals surface area contributed by atoms with Crippen LogP contribution in [0.15, 0.2) is 24.4 Å². The lowest BCUT2D eigenvalue weighted by Crippen LogP contribution is -2.37. The van der Waals surface area contributed by atoms with Gasteiger partial charge < -0.3 is 24.8 Å². The second-order valence-electron chi connectivity index (χ2n) is 6.54. The maximum absolute atomic E-state index is 15.0. The van der Waals surface area contributed by atoms with Crippen LogP contribution in [-0.4, -0.2) is 50.5 Å². The number of hydrogen-bond acceptors (Lipinski definition) is 7. The van der Waals surface area contributed by atoms with E-state index in [0.29, 0.717) is 43.3 Å². The molecule has 0 aliphatic carbocycles. The summed E-state index contributed by atoms with van der Waals surface area (Å²) >= 11 is 0. The van der Waals surface area contributed by atoms with Gasteiger partial charge in [-0.15, -0.1) is 0 Å². The Hall–Kier alpha value is -3.20. The van der Waals surface area contributed by atoms with E-state index in [1.54, 1.807) is 18.3 Å². The summed E-state index contributed by atoms with van der Waals surface area (Å²) < 4.78 is 45.6. The fourth-order valence-corrected chi connectivity index (χ4v) is 3.40. The third kappa shape index (κ3) is 3.38. The van der Waals surface area contributed by atoms with Crippen molar-refractivity contribution in [3.05, 3.63) is 36.0 Å². The van der Waals surface area contributed by atoms with Gasteiger partial charge in [-0.05, 0) is 12.1 Å². The number of anilines is 2. The minimum atomic E-state index is -0.853. The normalized spacial score (nSPS) is 14.3. The Kier molecular flexibility index (Phi) is 5.06. The molecule has 0 spiro atoms. The lowest BCUT2D eigenvalue weighted by atomic mass is 10.0. The van der Waals surface area contributed by atoms with Gasteiger partial charge in [0.05, 0.1) is 38.7 Å². The summed E-state index contributed by atoms with van der Waals surface area (Å²) in [5.41, 5.74) is 5.64. The molecule has 1 fully saturated rings. The average Bonchev–Trinajstić information content (AvgIpc) is 2.74. The van der Waals surface area contributed by atoms with Crippen molar-refractivity contribution in [2.45, 2.75) is 0 Å². The van der Waals surface area contributed by atoms with Crippen LogP contribution in [0.25, 0.3) is 22.0 Å². The molecule has 4 rings (SSSR count). The van der Waals surface area contributed by atoms with Crippen LogP contribution in [0.5, 0.6) is 11.5 Å². The number of halogens is 2. The van der Waals surface area contributed by atoms with Crippen molar-refractivity contribution in [1.29, 1.82) is 0 Å². The minimum absolute atomic E-state index is 0.109. The molecular formula is C20H20F2N4O3. The summed E-state index contributed by atoms with van der Waals surface area (Å²) in [6.45, 7) is 2.26. The fraction of sp³-hybridized carbons (Fsp3) is 0.300. The Balaban J connectivity index is 1.99. The third-order valence-electron chi connectivity index (χ3n) is 4.86. The molecule has 0 atom stereocenters. The summed E-state index contributed by atoms with van der Waals surface area (Å²) in [4.78, 5) is 10.7. The molecule has 1 aromatic carbocycles. The quantitative estimate of drug-likeness (QED) is 0.718. The Labute approximate surface area is 166 Å². The molecule has 0 bridgehead atoms. The number of methoxy groups -OCH3 is 2. The predicted octanol–water partition coefficient (Wildman–Crippen LogP) is 3.01. The molecule has 1 saturated heterocycles. The molecule has 7 nitrogen and oxygen atoms in total. The molecule has 0 radical (unpaired) electrons. The first-order chi connectivity index (χ1) is 14.0. The number of morpholine rings is 1. The highest BCUT2D eigenvalue weighted by molar-refractivity contribution is 5.96. The first kappa shape index (κ1) is 19.1. The Morgan fingerprint density at radius 1 is 1.03 bits per heavy atom. The lowest BCUT2D eigenvalue weighted by molar-refractivity contribution is 0.122. The van der Waals surface area contributed by atoms with Crippen LogP contribution in [0.1, 0.15) is 0 Å². The van der Waals surface area contributed by atoms with Gasteiger partial charge in [0.1, 0.15) is 11.6 Å². The van der Waals surface area contributed by atoms with Gasteiger partial charge >= 0.3 is 0 Å². The summed E-state index contributed by atoms with van der Waals surface area (Å²) in [6, 6.07) is 4.45. The molecule has 0 unspecified atom stereocenters. The number of nitrogens with two attached hydrogens (primary N) is 1. The van der Waals surface area contributed by atoms with E-state index in [9.17, 15) is 0 Å². The van der Waals surface area contributed by atoms with Crippen molar-refractivity contribution >= 4 is 22.4 Å². The largest absolute Gasteiger partial charge is 0.494 e. The van der Waals surface area contributed by atoms with Crippen LogP contribution in [-0.2, 0) is 4.74 Å². The second kappa shape index (κ2) is 7.67. The molecule has 1 aliphatic heterocycles. The first-order valence-electron chi connectivity index (χ1n) is 9.02. The van der Waals surface area contributed by atoms with Crippen molar-refractivity contribution in [3.8, 4) is 22.8 Å². The number of aromatic nitrogens is 2.